The van der Waals surface area contributed by atoms with Crippen molar-refractivity contribution in [2.24, 2.45) is 0 Å². The third-order valence-corrected chi connectivity index (χ3v) is 4.26. The average Bonchev–Trinajstić information content (AvgIpc) is 2.76. The molecule has 1 heterocycles. The van der Waals surface area contributed by atoms with Gasteiger partial charge < -0.3 is 19.9 Å². The molecule has 0 aliphatic carbocycles. The van der Waals surface area contributed by atoms with Gasteiger partial charge in [-0.3, -0.25) is 9.78 Å². The van der Waals surface area contributed by atoms with Crippen molar-refractivity contribution in [2.45, 2.75) is 32.5 Å². The van der Waals surface area contributed by atoms with Gasteiger partial charge in [0, 0.05) is 31.5 Å². The second-order valence-electron chi connectivity index (χ2n) is 6.92. The highest BCUT2D eigenvalue weighted by atomic mass is 16.5. The largest absolute Gasteiger partial charge is 0.461 e. The van der Waals surface area contributed by atoms with Crippen LogP contribution in [0, 0.1) is 0 Å². The number of benzene rings is 1. The molecule has 1 aromatic heterocycles. The van der Waals surface area contributed by atoms with Crippen molar-refractivity contribution in [2.75, 3.05) is 19.8 Å². The Kier molecular flexibility index (Phi) is 10.3. The Morgan fingerprint density at radius 3 is 2.83 bits per heavy atom. The number of rotatable bonds is 12. The molecule has 0 bridgehead atoms. The summed E-state index contributed by atoms with van der Waals surface area (Å²) in [5.74, 6) is -0.250. The van der Waals surface area contributed by atoms with Crippen LogP contribution in [0.25, 0.3) is 12.7 Å². The lowest BCUT2D eigenvalue weighted by Crippen LogP contribution is -2.30. The van der Waals surface area contributed by atoms with Crippen LogP contribution in [0.3, 0.4) is 0 Å². The summed E-state index contributed by atoms with van der Waals surface area (Å²) in [5, 5.41) is 14.8. The SMILES string of the molecule is C=c1cccn/c1=C/C=C(\C)NCC(O)COCCCC(=O)OCc1ccccc1. The molecule has 0 radical (unpaired) electrons. The van der Waals surface area contributed by atoms with E-state index in [-0.39, 0.29) is 19.2 Å². The average molecular weight is 411 g/mol. The maximum absolute atomic E-state index is 11.7. The smallest absolute Gasteiger partial charge is 0.306 e. The Morgan fingerprint density at radius 1 is 1.27 bits per heavy atom. The van der Waals surface area contributed by atoms with Crippen LogP contribution >= 0.6 is 0 Å². The van der Waals surface area contributed by atoms with E-state index in [4.69, 9.17) is 9.47 Å². The molecule has 0 aliphatic rings. The van der Waals surface area contributed by atoms with Gasteiger partial charge in [0.1, 0.15) is 6.61 Å². The standard InChI is InChI=1S/C24H30N2O4/c1-19-8-6-14-25-23(19)13-12-20(2)26-16-22(27)18-29-15-7-11-24(28)30-17-21-9-4-3-5-10-21/h3-6,8-10,12-14,22,26-27H,1,7,11,15-18H2,2H3/b20-12+,23-13+. The number of hydrogen-bond donors (Lipinski definition) is 2. The molecule has 1 unspecified atom stereocenters. The molecule has 0 saturated carbocycles. The van der Waals surface area contributed by atoms with Crippen LogP contribution in [-0.4, -0.2) is 41.9 Å². The number of carbonyl (C=O) groups is 1. The van der Waals surface area contributed by atoms with E-state index in [1.165, 1.54) is 0 Å². The Bertz CT molecular complexity index is 912. The van der Waals surface area contributed by atoms with E-state index in [2.05, 4.69) is 16.9 Å². The summed E-state index contributed by atoms with van der Waals surface area (Å²) < 4.78 is 10.7. The summed E-state index contributed by atoms with van der Waals surface area (Å²) >= 11 is 0. The number of aliphatic hydroxyl groups is 1. The van der Waals surface area contributed by atoms with Gasteiger partial charge in [0.05, 0.1) is 18.1 Å². The normalized spacial score (nSPS) is 13.1. The monoisotopic (exact) mass is 410 g/mol. The van der Waals surface area contributed by atoms with Gasteiger partial charge in [-0.15, -0.1) is 0 Å². The second-order valence-corrected chi connectivity index (χ2v) is 6.92. The molecule has 0 amide bonds. The van der Waals surface area contributed by atoms with Gasteiger partial charge in [0.2, 0.25) is 0 Å². The molecule has 0 aliphatic heterocycles. The first kappa shape index (κ1) is 23.3. The minimum atomic E-state index is -0.642. The van der Waals surface area contributed by atoms with E-state index in [0.29, 0.717) is 26.0 Å². The van der Waals surface area contributed by atoms with E-state index in [0.717, 1.165) is 21.8 Å². The summed E-state index contributed by atoms with van der Waals surface area (Å²) in [4.78, 5) is 16.0. The van der Waals surface area contributed by atoms with E-state index >= 15 is 0 Å². The van der Waals surface area contributed by atoms with Crippen molar-refractivity contribution in [3.05, 3.63) is 76.6 Å². The molecule has 0 fully saturated rings. The highest BCUT2D eigenvalue weighted by Crippen LogP contribution is 2.03. The highest BCUT2D eigenvalue weighted by Gasteiger charge is 2.06. The topological polar surface area (TPSA) is 80.7 Å². The number of pyridine rings is 1. The number of nitrogens with one attached hydrogen (secondary N) is 1. The first-order chi connectivity index (χ1) is 14.5. The fourth-order valence-corrected chi connectivity index (χ4v) is 2.55. The fourth-order valence-electron chi connectivity index (χ4n) is 2.55. The molecule has 0 saturated heterocycles. The summed E-state index contributed by atoms with van der Waals surface area (Å²) in [7, 11) is 0. The predicted molar refractivity (Wildman–Crippen MR) is 118 cm³/mol. The lowest BCUT2D eigenvalue weighted by molar-refractivity contribution is -0.145. The van der Waals surface area contributed by atoms with Crippen LogP contribution in [0.1, 0.15) is 25.3 Å². The summed E-state index contributed by atoms with van der Waals surface area (Å²) in [6, 6.07) is 13.3. The van der Waals surface area contributed by atoms with E-state index in [1.54, 1.807) is 6.20 Å². The zero-order chi connectivity index (χ0) is 21.6. The Labute approximate surface area is 177 Å². The lowest BCUT2D eigenvalue weighted by atomic mass is 10.2. The van der Waals surface area contributed by atoms with Crippen molar-refractivity contribution in [1.29, 1.82) is 0 Å². The number of hydrogen-bond acceptors (Lipinski definition) is 6. The number of esters is 1. The van der Waals surface area contributed by atoms with Gasteiger partial charge in [-0.2, -0.15) is 0 Å². The third-order valence-electron chi connectivity index (χ3n) is 4.26. The first-order valence-electron chi connectivity index (χ1n) is 10.0. The number of allylic oxidation sites excluding steroid dienone is 2. The number of aromatic nitrogens is 1. The Balaban J connectivity index is 1.55. The van der Waals surface area contributed by atoms with E-state index in [1.807, 2.05) is 61.5 Å². The Morgan fingerprint density at radius 2 is 2.07 bits per heavy atom. The molecule has 0 spiro atoms. The number of ether oxygens (including phenoxy) is 2. The minimum absolute atomic E-state index is 0.201. The predicted octanol–water partition coefficient (Wildman–Crippen LogP) is 1.67. The van der Waals surface area contributed by atoms with Gasteiger partial charge in [-0.05, 0) is 42.3 Å². The van der Waals surface area contributed by atoms with Gasteiger partial charge >= 0.3 is 5.97 Å². The van der Waals surface area contributed by atoms with E-state index in [9.17, 15) is 9.90 Å². The molecule has 2 N–H and O–H groups in total. The molecular formula is C24H30N2O4. The van der Waals surface area contributed by atoms with E-state index < -0.39 is 6.10 Å². The van der Waals surface area contributed by atoms with Crippen LogP contribution in [0.15, 0.2) is 60.4 Å². The van der Waals surface area contributed by atoms with Crippen molar-refractivity contribution in [3.8, 4) is 0 Å². The Hall–Kier alpha value is -2.96. The maximum atomic E-state index is 11.7. The van der Waals surface area contributed by atoms with Gasteiger partial charge in [0.25, 0.3) is 0 Å². The van der Waals surface area contributed by atoms with Crippen molar-refractivity contribution < 1.29 is 19.4 Å². The van der Waals surface area contributed by atoms with Crippen LogP contribution in [0.4, 0.5) is 0 Å². The number of carbonyl (C=O) groups excluding carboxylic acids is 1. The number of aliphatic hydroxyl groups excluding tert-OH is 1. The molecule has 2 aromatic rings. The fraction of sp³-hybridized carbons (Fsp3) is 0.333. The quantitative estimate of drug-likeness (QED) is 0.409. The second kappa shape index (κ2) is 13.3. The molecule has 1 atom stereocenters. The zero-order valence-corrected chi connectivity index (χ0v) is 17.4. The van der Waals surface area contributed by atoms with Crippen LogP contribution in [0.2, 0.25) is 0 Å². The van der Waals surface area contributed by atoms with Gasteiger partial charge in [0.15, 0.2) is 0 Å². The first-order valence-corrected chi connectivity index (χ1v) is 10.0. The van der Waals surface area contributed by atoms with Crippen molar-refractivity contribution >= 4 is 18.6 Å². The third kappa shape index (κ3) is 9.49. The summed E-state index contributed by atoms with van der Waals surface area (Å²) in [6.07, 6.45) is 5.70. The molecule has 30 heavy (non-hydrogen) atoms. The van der Waals surface area contributed by atoms with Crippen LogP contribution in [-0.2, 0) is 20.9 Å². The van der Waals surface area contributed by atoms with Crippen LogP contribution < -0.4 is 15.9 Å². The van der Waals surface area contributed by atoms with Gasteiger partial charge in [-0.25, -0.2) is 0 Å². The minimum Gasteiger partial charge on any atom is -0.461 e. The summed E-state index contributed by atoms with van der Waals surface area (Å²) in [6.45, 7) is 7.09. The molecule has 160 valence electrons. The molecule has 2 rings (SSSR count). The molecular weight excluding hydrogens is 380 g/mol. The molecule has 1 aromatic carbocycles. The number of nitrogens with zero attached hydrogens (tertiary/aromatic N) is 1. The van der Waals surface area contributed by atoms with Crippen molar-refractivity contribution in [1.82, 2.24) is 10.3 Å². The molecule has 6 nitrogen and oxygen atoms in total. The summed E-state index contributed by atoms with van der Waals surface area (Å²) in [5.41, 5.74) is 1.87. The molecule has 6 heteroatoms. The van der Waals surface area contributed by atoms with Gasteiger partial charge in [-0.1, -0.05) is 43.0 Å². The highest BCUT2D eigenvalue weighted by molar-refractivity contribution is 5.69. The van der Waals surface area contributed by atoms with Crippen LogP contribution in [0.5, 0.6) is 0 Å². The lowest BCUT2D eigenvalue weighted by Gasteiger charge is -2.13. The van der Waals surface area contributed by atoms with Crippen molar-refractivity contribution in [3.63, 3.8) is 0 Å². The maximum Gasteiger partial charge on any atom is 0.306 e. The zero-order valence-electron chi connectivity index (χ0n) is 17.4.